The van der Waals surface area contributed by atoms with Crippen molar-refractivity contribution in [1.82, 2.24) is 4.31 Å². The van der Waals surface area contributed by atoms with Gasteiger partial charge in [0.1, 0.15) is 6.10 Å². The molecule has 1 aromatic carbocycles. The summed E-state index contributed by atoms with van der Waals surface area (Å²) in [4.78, 5) is 73.5. The number of esters is 6. The molecular weight excluding hydrogens is 674 g/mol. The van der Waals surface area contributed by atoms with Crippen molar-refractivity contribution in [3.8, 4) is 0 Å². The Morgan fingerprint density at radius 1 is 0.673 bits per heavy atom. The SMILES string of the molecule is CO[C@@H]1O[C@@H](C[C@@H]2[C@H](OC(C)=O)[C@H](OC(C)=O)[C@H](OC(C)=O)CN2S(=O)(=O)c2ccc(C)cc2)[C@H](OC(C)=O)[C@@H](OC(C)=O)[C@H]1OC(C)=O. The first-order valence-electron chi connectivity index (χ1n) is 15.2. The molecule has 272 valence electrons. The summed E-state index contributed by atoms with van der Waals surface area (Å²) >= 11 is 0. The van der Waals surface area contributed by atoms with Gasteiger partial charge in [0.25, 0.3) is 0 Å². The molecule has 49 heavy (non-hydrogen) atoms. The Kier molecular flexibility index (Phi) is 13.2. The molecule has 2 aliphatic rings. The summed E-state index contributed by atoms with van der Waals surface area (Å²) in [5, 5.41) is 0. The van der Waals surface area contributed by atoms with Gasteiger partial charge < -0.3 is 37.9 Å². The molecule has 0 aromatic heterocycles. The molecule has 2 saturated heterocycles. The van der Waals surface area contributed by atoms with Crippen molar-refractivity contribution < 1.29 is 75.1 Å². The third kappa shape index (κ3) is 9.96. The van der Waals surface area contributed by atoms with Gasteiger partial charge in [0.2, 0.25) is 10.0 Å². The molecule has 0 unspecified atom stereocenters. The molecule has 0 amide bonds. The summed E-state index contributed by atoms with van der Waals surface area (Å²) in [6.07, 6.45) is -12.5. The number of carbonyl (C=O) groups is 6. The van der Waals surface area contributed by atoms with E-state index >= 15 is 0 Å². The lowest BCUT2D eigenvalue weighted by atomic mass is 9.87. The van der Waals surface area contributed by atoms with Crippen LogP contribution in [0.5, 0.6) is 0 Å². The predicted octanol–water partition coefficient (Wildman–Crippen LogP) is 0.720. The highest BCUT2D eigenvalue weighted by Gasteiger charge is 2.58. The smallest absolute Gasteiger partial charge is 0.303 e. The summed E-state index contributed by atoms with van der Waals surface area (Å²) in [6, 6.07) is 4.34. The van der Waals surface area contributed by atoms with Crippen LogP contribution in [0.15, 0.2) is 29.2 Å². The van der Waals surface area contributed by atoms with E-state index in [9.17, 15) is 37.2 Å². The van der Waals surface area contributed by atoms with E-state index in [2.05, 4.69) is 0 Å². The van der Waals surface area contributed by atoms with Crippen LogP contribution in [0.4, 0.5) is 0 Å². The van der Waals surface area contributed by atoms with Crippen molar-refractivity contribution in [2.24, 2.45) is 0 Å². The monoisotopic (exact) mass is 715 g/mol. The summed E-state index contributed by atoms with van der Waals surface area (Å²) in [5.41, 5.74) is 0.754. The molecule has 0 aliphatic carbocycles. The van der Waals surface area contributed by atoms with Crippen molar-refractivity contribution >= 4 is 45.8 Å². The Hall–Kier alpha value is -4.13. The van der Waals surface area contributed by atoms with Crippen LogP contribution in [-0.4, -0.2) is 117 Å². The maximum atomic E-state index is 14.4. The number of ether oxygens (including phenoxy) is 8. The Balaban J connectivity index is 2.27. The van der Waals surface area contributed by atoms with Crippen LogP contribution in [0, 0.1) is 6.92 Å². The van der Waals surface area contributed by atoms with Crippen molar-refractivity contribution in [3.05, 3.63) is 29.8 Å². The van der Waals surface area contributed by atoms with Gasteiger partial charge in [0.05, 0.1) is 17.5 Å². The fourth-order valence-corrected chi connectivity index (χ4v) is 7.50. The second kappa shape index (κ2) is 16.5. The number of sulfonamides is 1. The minimum absolute atomic E-state index is 0.180. The molecule has 0 saturated carbocycles. The number of hydrogen-bond donors (Lipinski definition) is 0. The molecule has 9 atom stereocenters. The zero-order valence-electron chi connectivity index (χ0n) is 28.3. The lowest BCUT2D eigenvalue weighted by Gasteiger charge is -2.49. The van der Waals surface area contributed by atoms with E-state index in [1.807, 2.05) is 0 Å². The normalized spacial score (nSPS) is 28.8. The molecule has 18 heteroatoms. The van der Waals surface area contributed by atoms with Gasteiger partial charge in [-0.1, -0.05) is 17.7 Å². The van der Waals surface area contributed by atoms with Crippen LogP contribution < -0.4 is 0 Å². The Morgan fingerprint density at radius 2 is 1.12 bits per heavy atom. The number of benzene rings is 1. The fourth-order valence-electron chi connectivity index (χ4n) is 5.85. The van der Waals surface area contributed by atoms with Gasteiger partial charge in [-0.15, -0.1) is 0 Å². The molecule has 2 aliphatic heterocycles. The van der Waals surface area contributed by atoms with Gasteiger partial charge in [0.15, 0.2) is 42.9 Å². The van der Waals surface area contributed by atoms with E-state index in [1.54, 1.807) is 19.1 Å². The van der Waals surface area contributed by atoms with E-state index in [0.29, 0.717) is 0 Å². The molecule has 1 aromatic rings. The molecule has 0 bridgehead atoms. The highest BCUT2D eigenvalue weighted by molar-refractivity contribution is 7.89. The predicted molar refractivity (Wildman–Crippen MR) is 162 cm³/mol. The van der Waals surface area contributed by atoms with Crippen LogP contribution in [0.3, 0.4) is 0 Å². The second-order valence-corrected chi connectivity index (χ2v) is 13.4. The van der Waals surface area contributed by atoms with E-state index < -0.39 is 114 Å². The van der Waals surface area contributed by atoms with Crippen LogP contribution in [0.1, 0.15) is 53.5 Å². The topological polar surface area (TPSA) is 214 Å². The van der Waals surface area contributed by atoms with Crippen molar-refractivity contribution in [1.29, 1.82) is 0 Å². The molecule has 17 nitrogen and oxygen atoms in total. The van der Waals surface area contributed by atoms with E-state index in [4.69, 9.17) is 37.9 Å². The first kappa shape index (κ1) is 39.3. The number of carbonyl (C=O) groups excluding carboxylic acids is 6. The van der Waals surface area contributed by atoms with E-state index in [0.717, 1.165) is 51.4 Å². The first-order chi connectivity index (χ1) is 22.8. The molecular formula is C31H41NO16S. The zero-order chi connectivity index (χ0) is 36.8. The maximum absolute atomic E-state index is 14.4. The van der Waals surface area contributed by atoms with E-state index in [-0.39, 0.29) is 4.90 Å². The quantitative estimate of drug-likeness (QED) is 0.228. The number of hydrogen-bond acceptors (Lipinski definition) is 16. The van der Waals surface area contributed by atoms with Crippen molar-refractivity contribution in [2.75, 3.05) is 13.7 Å². The average molecular weight is 716 g/mol. The summed E-state index contributed by atoms with van der Waals surface area (Å²) in [5.74, 6) is -5.15. The molecule has 2 fully saturated rings. The number of nitrogens with zero attached hydrogens (tertiary/aromatic N) is 1. The van der Waals surface area contributed by atoms with Crippen molar-refractivity contribution in [2.45, 2.75) is 115 Å². The lowest BCUT2D eigenvalue weighted by Crippen LogP contribution is -2.68. The summed E-state index contributed by atoms with van der Waals surface area (Å²) < 4.78 is 74.1. The van der Waals surface area contributed by atoms with Gasteiger partial charge in [-0.25, -0.2) is 8.42 Å². The number of methoxy groups -OCH3 is 1. The third-order valence-electron chi connectivity index (χ3n) is 7.55. The summed E-state index contributed by atoms with van der Waals surface area (Å²) in [7, 11) is -3.33. The molecule has 3 rings (SSSR count). The van der Waals surface area contributed by atoms with Crippen LogP contribution in [0.25, 0.3) is 0 Å². The molecule has 2 heterocycles. The largest absolute Gasteiger partial charge is 0.457 e. The zero-order valence-corrected chi connectivity index (χ0v) is 29.1. The summed E-state index contributed by atoms with van der Waals surface area (Å²) in [6.45, 7) is 7.53. The minimum atomic E-state index is -4.53. The van der Waals surface area contributed by atoms with Gasteiger partial charge in [-0.3, -0.25) is 28.8 Å². The Labute approximate surface area is 283 Å². The fraction of sp³-hybridized carbons (Fsp3) is 0.613. The number of piperidine rings is 1. The maximum Gasteiger partial charge on any atom is 0.303 e. The molecule has 0 N–H and O–H groups in total. The van der Waals surface area contributed by atoms with Gasteiger partial charge >= 0.3 is 35.8 Å². The average Bonchev–Trinajstić information content (AvgIpc) is 2.97. The van der Waals surface area contributed by atoms with Crippen molar-refractivity contribution in [3.63, 3.8) is 0 Å². The van der Waals surface area contributed by atoms with Gasteiger partial charge in [0, 0.05) is 48.7 Å². The Bertz CT molecular complexity index is 1510. The minimum Gasteiger partial charge on any atom is -0.457 e. The molecule has 0 spiro atoms. The van der Waals surface area contributed by atoms with Gasteiger partial charge in [-0.2, -0.15) is 4.31 Å². The standard InChI is InChI=1S/C31H41NO16S/c1-15-9-11-22(12-10-15)49(39,40)32-14-25(42-16(2)33)28(45-19(5)36)26(43-17(3)34)23(32)13-24-27(44-18(4)35)29(46-20(6)37)30(47-21(7)38)31(41-8)48-24/h9-12,23-31H,13-14H2,1-8H3/t23-,24+,25-,26+,27+,28-,29-,30-,31-/m1/s1. The van der Waals surface area contributed by atoms with Crippen LogP contribution in [0.2, 0.25) is 0 Å². The van der Waals surface area contributed by atoms with Crippen LogP contribution >= 0.6 is 0 Å². The van der Waals surface area contributed by atoms with E-state index in [1.165, 1.54) is 19.2 Å². The number of aryl methyl sites for hydroxylation is 1. The first-order valence-corrected chi connectivity index (χ1v) is 16.6. The second-order valence-electron chi connectivity index (χ2n) is 11.5. The third-order valence-corrected chi connectivity index (χ3v) is 9.46. The highest BCUT2D eigenvalue weighted by Crippen LogP contribution is 2.38. The van der Waals surface area contributed by atoms with Crippen LogP contribution in [-0.2, 0) is 76.7 Å². The Morgan fingerprint density at radius 3 is 1.61 bits per heavy atom. The number of rotatable bonds is 11. The highest BCUT2D eigenvalue weighted by atomic mass is 32.2. The van der Waals surface area contributed by atoms with Gasteiger partial charge in [-0.05, 0) is 25.5 Å². The molecule has 0 radical (unpaired) electrons. The lowest BCUT2D eigenvalue weighted by molar-refractivity contribution is -0.301.